The van der Waals surface area contributed by atoms with Crippen LogP contribution in [-0.4, -0.2) is 48.3 Å². The Morgan fingerprint density at radius 1 is 1.06 bits per heavy atom. The summed E-state index contributed by atoms with van der Waals surface area (Å²) in [6.07, 6.45) is 6.42. The van der Waals surface area contributed by atoms with Crippen molar-refractivity contribution in [2.75, 3.05) is 25.0 Å². The normalized spacial score (nSPS) is 19.3. The van der Waals surface area contributed by atoms with E-state index in [0.29, 0.717) is 31.7 Å². The maximum atomic E-state index is 12.3. The molecule has 3 rings (SSSR count). The Morgan fingerprint density at radius 3 is 2.35 bits per heavy atom. The van der Waals surface area contributed by atoms with Crippen molar-refractivity contribution in [2.45, 2.75) is 77.2 Å². The molecule has 0 radical (unpaired) electrons. The maximum Gasteiger partial charge on any atom is 0.249 e. The largest absolute Gasteiger partial charge is 0.374 e. The van der Waals surface area contributed by atoms with Crippen molar-refractivity contribution in [3.05, 3.63) is 29.8 Å². The summed E-state index contributed by atoms with van der Waals surface area (Å²) in [6, 6.07) is 7.83. The van der Waals surface area contributed by atoms with Gasteiger partial charge in [-0.15, -0.1) is 0 Å². The van der Waals surface area contributed by atoms with Gasteiger partial charge in [-0.1, -0.05) is 32.4 Å². The number of likely N-dealkylation sites (tertiary alicyclic amines) is 1. The summed E-state index contributed by atoms with van der Waals surface area (Å²) >= 11 is 0. The molecule has 2 saturated heterocycles. The predicted octanol–water partition coefficient (Wildman–Crippen LogP) is 3.16. The molecule has 1 atom stereocenters. The van der Waals surface area contributed by atoms with E-state index in [4.69, 9.17) is 5.73 Å². The minimum Gasteiger partial charge on any atom is -0.374 e. The molecule has 1 aromatic rings. The average Bonchev–Trinajstić information content (AvgIpc) is 2.80. The monoisotopic (exact) mass is 430 g/mol. The van der Waals surface area contributed by atoms with Gasteiger partial charge in [0.05, 0.1) is 0 Å². The van der Waals surface area contributed by atoms with E-state index in [1.165, 1.54) is 5.56 Å². The number of nitrogens with two attached hydrogens (primary N) is 1. The number of benzene rings is 1. The van der Waals surface area contributed by atoms with Gasteiger partial charge < -0.3 is 16.0 Å². The molecule has 0 spiro atoms. The second-order valence-corrected chi connectivity index (χ2v) is 8.02. The highest BCUT2D eigenvalue weighted by atomic mass is 16.2. The topological polar surface area (TPSA) is 105 Å². The van der Waals surface area contributed by atoms with Gasteiger partial charge in [-0.2, -0.15) is 0 Å². The van der Waals surface area contributed by atoms with E-state index >= 15 is 0 Å². The van der Waals surface area contributed by atoms with Crippen LogP contribution >= 0.6 is 0 Å². The van der Waals surface area contributed by atoms with Gasteiger partial charge in [0.1, 0.15) is 6.04 Å². The number of nitrogens with zero attached hydrogens (tertiary/aromatic N) is 1. The van der Waals surface area contributed by atoms with Gasteiger partial charge in [0.25, 0.3) is 0 Å². The first-order valence-electron chi connectivity index (χ1n) is 11.7. The fraction of sp³-hybridized carbons (Fsp3) is 0.625. The van der Waals surface area contributed by atoms with Crippen LogP contribution in [0.15, 0.2) is 24.3 Å². The molecule has 172 valence electrons. The molecule has 2 heterocycles. The molecule has 7 heteroatoms. The molecule has 7 nitrogen and oxygen atoms in total. The van der Waals surface area contributed by atoms with Gasteiger partial charge in [0.2, 0.25) is 17.7 Å². The zero-order chi connectivity index (χ0) is 22.6. The van der Waals surface area contributed by atoms with Crippen LogP contribution in [0.4, 0.5) is 5.69 Å². The van der Waals surface area contributed by atoms with E-state index in [1.807, 2.05) is 30.9 Å². The Kier molecular flexibility index (Phi) is 10.5. The maximum absolute atomic E-state index is 12.3. The van der Waals surface area contributed by atoms with E-state index in [0.717, 1.165) is 50.9 Å². The zero-order valence-electron chi connectivity index (χ0n) is 19.0. The highest BCUT2D eigenvalue weighted by Crippen LogP contribution is 2.29. The lowest BCUT2D eigenvalue weighted by atomic mass is 9.89. The van der Waals surface area contributed by atoms with Crippen molar-refractivity contribution in [3.8, 4) is 0 Å². The summed E-state index contributed by atoms with van der Waals surface area (Å²) in [5.41, 5.74) is 7.65. The molecule has 2 aliphatic heterocycles. The molecular formula is C24H38N4O3. The van der Waals surface area contributed by atoms with Crippen molar-refractivity contribution < 1.29 is 14.4 Å². The summed E-state index contributed by atoms with van der Waals surface area (Å²) in [4.78, 5) is 37.4. The third-order valence-corrected chi connectivity index (χ3v) is 5.90. The van der Waals surface area contributed by atoms with Crippen LogP contribution < -0.4 is 16.4 Å². The minimum absolute atomic E-state index is 0.205. The molecule has 2 fully saturated rings. The SMILES string of the molecule is CC.NCCCCCC(=O)N1CCC(c2ccc(NC3CCC(=O)NC3=O)cc2)CC1. The number of carbonyl (C=O) groups excluding carboxylic acids is 3. The number of hydrogen-bond donors (Lipinski definition) is 3. The second-order valence-electron chi connectivity index (χ2n) is 8.02. The predicted molar refractivity (Wildman–Crippen MR) is 124 cm³/mol. The van der Waals surface area contributed by atoms with Crippen LogP contribution in [0.1, 0.15) is 76.7 Å². The van der Waals surface area contributed by atoms with Gasteiger partial charge in [-0.05, 0) is 62.3 Å². The van der Waals surface area contributed by atoms with Crippen molar-refractivity contribution in [3.63, 3.8) is 0 Å². The van der Waals surface area contributed by atoms with E-state index in [1.54, 1.807) is 0 Å². The Morgan fingerprint density at radius 2 is 1.74 bits per heavy atom. The van der Waals surface area contributed by atoms with Gasteiger partial charge in [-0.25, -0.2) is 0 Å². The third kappa shape index (κ3) is 7.65. The molecule has 0 aromatic heterocycles. The van der Waals surface area contributed by atoms with Crippen LogP contribution in [-0.2, 0) is 14.4 Å². The van der Waals surface area contributed by atoms with E-state index < -0.39 is 0 Å². The summed E-state index contributed by atoms with van der Waals surface area (Å²) < 4.78 is 0. The fourth-order valence-corrected chi connectivity index (χ4v) is 4.10. The molecule has 0 bridgehead atoms. The van der Waals surface area contributed by atoms with Gasteiger partial charge in [-0.3, -0.25) is 19.7 Å². The molecule has 2 aliphatic rings. The van der Waals surface area contributed by atoms with Crippen LogP contribution in [0.2, 0.25) is 0 Å². The van der Waals surface area contributed by atoms with Crippen LogP contribution in [0.3, 0.4) is 0 Å². The number of unbranched alkanes of at least 4 members (excludes halogenated alkanes) is 2. The number of nitrogens with one attached hydrogen (secondary N) is 2. The first-order valence-corrected chi connectivity index (χ1v) is 11.7. The summed E-state index contributed by atoms with van der Waals surface area (Å²) in [5, 5.41) is 5.57. The summed E-state index contributed by atoms with van der Waals surface area (Å²) in [7, 11) is 0. The number of carbonyl (C=O) groups is 3. The lowest BCUT2D eigenvalue weighted by molar-refractivity contribution is -0.134. The molecule has 1 unspecified atom stereocenters. The van der Waals surface area contributed by atoms with E-state index in [9.17, 15) is 14.4 Å². The van der Waals surface area contributed by atoms with Crippen LogP contribution in [0.5, 0.6) is 0 Å². The van der Waals surface area contributed by atoms with Gasteiger partial charge >= 0.3 is 0 Å². The molecular weight excluding hydrogens is 392 g/mol. The van der Waals surface area contributed by atoms with E-state index in [-0.39, 0.29) is 23.8 Å². The number of rotatable bonds is 8. The lowest BCUT2D eigenvalue weighted by Crippen LogP contribution is -2.47. The summed E-state index contributed by atoms with van der Waals surface area (Å²) in [5.74, 6) is 0.263. The standard InChI is InChI=1S/C22H32N4O3.C2H6/c23-13-3-1-2-4-21(28)26-14-11-17(12-15-26)16-5-7-18(8-6-16)24-19-9-10-20(27)25-22(19)29;1-2/h5-8,17,19,24H,1-4,9-15,23H2,(H,25,27,29);1-2H3. The van der Waals surface area contributed by atoms with Crippen molar-refractivity contribution in [1.82, 2.24) is 10.2 Å². The lowest BCUT2D eigenvalue weighted by Gasteiger charge is -2.32. The number of piperidine rings is 2. The van der Waals surface area contributed by atoms with Crippen molar-refractivity contribution in [1.29, 1.82) is 0 Å². The highest BCUT2D eigenvalue weighted by molar-refractivity contribution is 6.01. The molecule has 0 aliphatic carbocycles. The number of anilines is 1. The number of hydrogen-bond acceptors (Lipinski definition) is 5. The minimum atomic E-state index is -0.363. The van der Waals surface area contributed by atoms with Gasteiger partial charge in [0.15, 0.2) is 0 Å². The Balaban J connectivity index is 0.00000166. The number of imide groups is 1. The molecule has 4 N–H and O–H groups in total. The second kappa shape index (κ2) is 13.1. The van der Waals surface area contributed by atoms with Crippen molar-refractivity contribution >= 4 is 23.4 Å². The van der Waals surface area contributed by atoms with Crippen LogP contribution in [0.25, 0.3) is 0 Å². The molecule has 0 saturated carbocycles. The quantitative estimate of drug-likeness (QED) is 0.434. The summed E-state index contributed by atoms with van der Waals surface area (Å²) in [6.45, 7) is 6.33. The van der Waals surface area contributed by atoms with E-state index in [2.05, 4.69) is 22.8 Å². The van der Waals surface area contributed by atoms with Gasteiger partial charge in [0, 0.05) is 31.6 Å². The first kappa shape index (κ1) is 24.9. The number of amides is 3. The molecule has 31 heavy (non-hydrogen) atoms. The zero-order valence-corrected chi connectivity index (χ0v) is 19.0. The fourth-order valence-electron chi connectivity index (χ4n) is 4.10. The Bertz CT molecular complexity index is 712. The Labute approximate surface area is 186 Å². The Hall–Kier alpha value is -2.41. The molecule has 1 aromatic carbocycles. The average molecular weight is 431 g/mol. The first-order chi connectivity index (χ1) is 15.1. The molecule has 3 amide bonds. The highest BCUT2D eigenvalue weighted by Gasteiger charge is 2.27. The van der Waals surface area contributed by atoms with Crippen LogP contribution in [0, 0.1) is 0 Å². The van der Waals surface area contributed by atoms with Crippen molar-refractivity contribution in [2.24, 2.45) is 5.73 Å². The smallest absolute Gasteiger partial charge is 0.249 e. The third-order valence-electron chi connectivity index (χ3n) is 5.90.